The summed E-state index contributed by atoms with van der Waals surface area (Å²) in [5, 5.41) is 9.43. The van der Waals surface area contributed by atoms with Gasteiger partial charge in [0.05, 0.1) is 24.6 Å². The number of rotatable bonds is 8. The van der Waals surface area contributed by atoms with Gasteiger partial charge in [-0.1, -0.05) is 17.7 Å². The summed E-state index contributed by atoms with van der Waals surface area (Å²) in [6, 6.07) is 9.13. The van der Waals surface area contributed by atoms with Crippen LogP contribution in [0, 0.1) is 5.82 Å². The van der Waals surface area contributed by atoms with Crippen molar-refractivity contribution in [3.63, 3.8) is 0 Å². The SMILES string of the molecule is O=C(NCCN1CCOCC1)c1ccc2c(c1)NC(=O)C(CSCc1ccc(F)cc1Cl)N2. The monoisotopic (exact) mass is 492 g/mol. The number of nitrogens with one attached hydrogen (secondary N) is 3. The Morgan fingerprint density at radius 2 is 2.03 bits per heavy atom. The average Bonchev–Trinajstić information content (AvgIpc) is 2.81. The van der Waals surface area contributed by atoms with Gasteiger partial charge >= 0.3 is 0 Å². The normalized spacial score (nSPS) is 18.2. The lowest BCUT2D eigenvalue weighted by Crippen LogP contribution is -2.41. The highest BCUT2D eigenvalue weighted by molar-refractivity contribution is 7.98. The number of carbonyl (C=O) groups is 2. The van der Waals surface area contributed by atoms with Gasteiger partial charge in [0.25, 0.3) is 5.91 Å². The molecule has 4 rings (SSSR count). The van der Waals surface area contributed by atoms with Crippen molar-refractivity contribution in [1.29, 1.82) is 0 Å². The fraction of sp³-hybridized carbons (Fsp3) is 0.391. The molecule has 7 nitrogen and oxygen atoms in total. The molecule has 1 saturated heterocycles. The average molecular weight is 493 g/mol. The van der Waals surface area contributed by atoms with Crippen LogP contribution in [0.3, 0.4) is 0 Å². The maximum atomic E-state index is 13.2. The predicted octanol–water partition coefficient (Wildman–Crippen LogP) is 3.21. The molecule has 0 aliphatic carbocycles. The first kappa shape index (κ1) is 23.8. The number of thioether (sulfide) groups is 1. The Kier molecular flexibility index (Phi) is 8.08. The van der Waals surface area contributed by atoms with Crippen molar-refractivity contribution in [3.05, 3.63) is 58.4 Å². The largest absolute Gasteiger partial charge is 0.379 e. The molecule has 33 heavy (non-hydrogen) atoms. The fourth-order valence-corrected chi connectivity index (χ4v) is 5.06. The van der Waals surface area contributed by atoms with Crippen LogP contribution in [0.4, 0.5) is 15.8 Å². The highest BCUT2D eigenvalue weighted by Gasteiger charge is 2.26. The second-order valence-corrected chi connectivity index (χ2v) is 9.34. The third-order valence-electron chi connectivity index (χ3n) is 5.56. The van der Waals surface area contributed by atoms with Crippen LogP contribution in [0.15, 0.2) is 36.4 Å². The van der Waals surface area contributed by atoms with Gasteiger partial charge in [-0.15, -0.1) is 0 Å². The maximum Gasteiger partial charge on any atom is 0.251 e. The van der Waals surface area contributed by atoms with E-state index in [4.69, 9.17) is 16.3 Å². The standard InChI is InChI=1S/C23H26ClFN4O3S/c24-18-12-17(25)3-1-16(18)13-33-14-21-23(31)28-20-11-15(2-4-19(20)27-21)22(30)26-5-6-29-7-9-32-10-8-29/h1-4,11-12,21,27H,5-10,13-14H2,(H,26,30)(H,28,31). The zero-order valence-corrected chi connectivity index (χ0v) is 19.6. The zero-order chi connectivity index (χ0) is 23.2. The number of nitrogens with zero attached hydrogens (tertiary/aromatic N) is 1. The van der Waals surface area contributed by atoms with Gasteiger partial charge in [-0.25, -0.2) is 4.39 Å². The van der Waals surface area contributed by atoms with Gasteiger partial charge in [0.2, 0.25) is 5.91 Å². The molecule has 10 heteroatoms. The van der Waals surface area contributed by atoms with Crippen molar-refractivity contribution < 1.29 is 18.7 Å². The van der Waals surface area contributed by atoms with Crippen LogP contribution in [0.5, 0.6) is 0 Å². The summed E-state index contributed by atoms with van der Waals surface area (Å²) in [5.74, 6) is 0.382. The summed E-state index contributed by atoms with van der Waals surface area (Å²) >= 11 is 7.60. The van der Waals surface area contributed by atoms with Gasteiger partial charge in [-0.3, -0.25) is 14.5 Å². The molecule has 3 N–H and O–H groups in total. The number of amides is 2. The summed E-state index contributed by atoms with van der Waals surface area (Å²) in [7, 11) is 0. The van der Waals surface area contributed by atoms with Crippen molar-refractivity contribution in [2.24, 2.45) is 0 Å². The first-order valence-corrected chi connectivity index (χ1v) is 12.3. The van der Waals surface area contributed by atoms with E-state index in [0.717, 1.165) is 44.1 Å². The number of halogens is 2. The van der Waals surface area contributed by atoms with E-state index in [1.807, 2.05) is 0 Å². The number of fused-ring (bicyclic) bond motifs is 1. The molecule has 0 aromatic heterocycles. The van der Waals surface area contributed by atoms with E-state index in [9.17, 15) is 14.0 Å². The van der Waals surface area contributed by atoms with Gasteiger partial charge < -0.3 is 20.7 Å². The second-order valence-electron chi connectivity index (χ2n) is 7.91. The van der Waals surface area contributed by atoms with Gasteiger partial charge in [0.15, 0.2) is 0 Å². The van der Waals surface area contributed by atoms with Gasteiger partial charge in [0.1, 0.15) is 11.9 Å². The molecule has 1 fully saturated rings. The van der Waals surface area contributed by atoms with Crippen LogP contribution < -0.4 is 16.0 Å². The topological polar surface area (TPSA) is 82.7 Å². The Bertz CT molecular complexity index is 1020. The van der Waals surface area contributed by atoms with E-state index < -0.39 is 6.04 Å². The van der Waals surface area contributed by atoms with Crippen LogP contribution in [-0.2, 0) is 15.3 Å². The Hall–Kier alpha value is -2.33. The molecular weight excluding hydrogens is 467 g/mol. The summed E-state index contributed by atoms with van der Waals surface area (Å²) in [5.41, 5.74) is 2.68. The number of ether oxygens (including phenoxy) is 1. The third-order valence-corrected chi connectivity index (χ3v) is 7.00. The Labute approximate surface area is 201 Å². The Balaban J connectivity index is 1.27. The molecule has 2 aliphatic heterocycles. The lowest BCUT2D eigenvalue weighted by molar-refractivity contribution is -0.116. The quantitative estimate of drug-likeness (QED) is 0.525. The van der Waals surface area contributed by atoms with Crippen LogP contribution >= 0.6 is 23.4 Å². The van der Waals surface area contributed by atoms with E-state index in [2.05, 4.69) is 20.9 Å². The number of carbonyl (C=O) groups excluding carboxylic acids is 2. The first-order valence-electron chi connectivity index (χ1n) is 10.8. The zero-order valence-electron chi connectivity index (χ0n) is 18.0. The Morgan fingerprint density at radius 1 is 1.21 bits per heavy atom. The molecule has 2 heterocycles. The van der Waals surface area contributed by atoms with Crippen molar-refractivity contribution >= 4 is 46.6 Å². The molecule has 1 atom stereocenters. The van der Waals surface area contributed by atoms with E-state index in [1.165, 1.54) is 23.9 Å². The van der Waals surface area contributed by atoms with E-state index in [0.29, 0.717) is 34.3 Å². The summed E-state index contributed by atoms with van der Waals surface area (Å²) in [4.78, 5) is 27.3. The molecule has 0 bridgehead atoms. The Morgan fingerprint density at radius 3 is 2.82 bits per heavy atom. The molecule has 2 aromatic carbocycles. The van der Waals surface area contributed by atoms with E-state index in [-0.39, 0.29) is 17.6 Å². The van der Waals surface area contributed by atoms with Crippen molar-refractivity contribution in [2.45, 2.75) is 11.8 Å². The molecule has 0 radical (unpaired) electrons. The van der Waals surface area contributed by atoms with Crippen LogP contribution in [0.1, 0.15) is 15.9 Å². The molecule has 0 saturated carbocycles. The van der Waals surface area contributed by atoms with E-state index in [1.54, 1.807) is 24.3 Å². The third kappa shape index (κ3) is 6.38. The fourth-order valence-electron chi connectivity index (χ4n) is 3.69. The molecule has 2 amide bonds. The van der Waals surface area contributed by atoms with Crippen LogP contribution in [0.25, 0.3) is 0 Å². The number of morpholine rings is 1. The number of hydrogen-bond acceptors (Lipinski definition) is 6. The van der Waals surface area contributed by atoms with Gasteiger partial charge in [-0.05, 0) is 35.9 Å². The number of anilines is 2. The summed E-state index contributed by atoms with van der Waals surface area (Å²) in [6.45, 7) is 4.54. The summed E-state index contributed by atoms with van der Waals surface area (Å²) in [6.07, 6.45) is 0. The molecule has 2 aliphatic rings. The summed E-state index contributed by atoms with van der Waals surface area (Å²) < 4.78 is 18.5. The molecule has 1 unspecified atom stereocenters. The van der Waals surface area contributed by atoms with Crippen molar-refractivity contribution in [2.75, 3.05) is 55.8 Å². The molecule has 176 valence electrons. The van der Waals surface area contributed by atoms with Crippen molar-refractivity contribution in [3.8, 4) is 0 Å². The minimum Gasteiger partial charge on any atom is -0.379 e. The minimum atomic E-state index is -0.421. The van der Waals surface area contributed by atoms with Crippen molar-refractivity contribution in [1.82, 2.24) is 10.2 Å². The second kappa shape index (κ2) is 11.2. The molecular formula is C23H26ClFN4O3S. The first-order chi connectivity index (χ1) is 16.0. The van der Waals surface area contributed by atoms with Gasteiger partial charge in [0, 0.05) is 48.3 Å². The smallest absolute Gasteiger partial charge is 0.251 e. The van der Waals surface area contributed by atoms with Gasteiger partial charge in [-0.2, -0.15) is 11.8 Å². The highest BCUT2D eigenvalue weighted by atomic mass is 35.5. The minimum absolute atomic E-state index is 0.162. The molecule has 0 spiro atoms. The van der Waals surface area contributed by atoms with Crippen LogP contribution in [0.2, 0.25) is 5.02 Å². The lowest BCUT2D eigenvalue weighted by atomic mass is 10.1. The number of benzene rings is 2. The number of hydrogen-bond donors (Lipinski definition) is 3. The van der Waals surface area contributed by atoms with Crippen LogP contribution in [-0.4, -0.2) is 67.9 Å². The highest BCUT2D eigenvalue weighted by Crippen LogP contribution is 2.30. The molecule has 2 aromatic rings. The van der Waals surface area contributed by atoms with E-state index >= 15 is 0 Å². The maximum absolute atomic E-state index is 13.2. The lowest BCUT2D eigenvalue weighted by Gasteiger charge is -2.27. The predicted molar refractivity (Wildman–Crippen MR) is 130 cm³/mol.